The average molecular weight is 1120 g/mol. The van der Waals surface area contributed by atoms with Gasteiger partial charge in [0.25, 0.3) is 0 Å². The smallest absolute Gasteiger partial charge is 0.306 e. The third-order valence-corrected chi connectivity index (χ3v) is 14.1. The first kappa shape index (κ1) is 72.0. The van der Waals surface area contributed by atoms with Gasteiger partial charge in [0.05, 0.1) is 26.4 Å². The Balaban J connectivity index is 1.71. The van der Waals surface area contributed by atoms with Crippen LogP contribution in [-0.2, 0) is 33.2 Å². The zero-order valence-electron chi connectivity index (χ0n) is 48.8. The zero-order valence-corrected chi connectivity index (χ0v) is 48.8. The van der Waals surface area contributed by atoms with Crippen LogP contribution in [0.4, 0.5) is 0 Å². The normalized spacial score (nSPS) is 24.7. The minimum atomic E-state index is -1.72. The topological polar surface area (TPSA) is 214 Å². The van der Waals surface area contributed by atoms with E-state index in [-0.39, 0.29) is 19.6 Å². The Hall–Kier alpha value is -3.09. The zero-order chi connectivity index (χ0) is 57.2. The molecular formula is C65H110O14. The van der Waals surface area contributed by atoms with Crippen molar-refractivity contribution in [2.45, 2.75) is 274 Å². The first-order valence-electron chi connectivity index (χ1n) is 30.8. The first-order valence-corrected chi connectivity index (χ1v) is 30.8. The number of rotatable bonds is 49. The molecule has 0 spiro atoms. The highest BCUT2D eigenvalue weighted by Gasteiger charge is 2.47. The number of hydrogen-bond donors (Lipinski definition) is 7. The average Bonchev–Trinajstić information content (AvgIpc) is 3.45. The predicted molar refractivity (Wildman–Crippen MR) is 316 cm³/mol. The summed E-state index contributed by atoms with van der Waals surface area (Å²) in [5.74, 6) is -0.399. The summed E-state index contributed by atoms with van der Waals surface area (Å²) in [6, 6.07) is 0. The molecule has 0 bridgehead atoms. The molecule has 0 amide bonds. The van der Waals surface area contributed by atoms with Crippen LogP contribution in [0.2, 0.25) is 0 Å². The van der Waals surface area contributed by atoms with E-state index in [2.05, 4.69) is 111 Å². The molecular weight excluding hydrogens is 1000 g/mol. The van der Waals surface area contributed by atoms with Gasteiger partial charge < -0.3 is 64.2 Å². The molecule has 0 aromatic carbocycles. The first-order chi connectivity index (χ1) is 38.6. The summed E-state index contributed by atoms with van der Waals surface area (Å²) >= 11 is 0. The molecule has 2 saturated heterocycles. The van der Waals surface area contributed by atoms with Crippen LogP contribution in [0, 0.1) is 0 Å². The van der Waals surface area contributed by atoms with E-state index in [1.165, 1.54) is 77.0 Å². The molecule has 2 aliphatic heterocycles. The van der Waals surface area contributed by atoms with E-state index in [4.69, 9.17) is 28.4 Å². The van der Waals surface area contributed by atoms with Gasteiger partial charge in [-0.25, -0.2) is 0 Å². The highest BCUT2D eigenvalue weighted by Crippen LogP contribution is 2.27. The van der Waals surface area contributed by atoms with E-state index in [1.54, 1.807) is 0 Å². The predicted octanol–water partition coefficient (Wildman–Crippen LogP) is 11.7. The van der Waals surface area contributed by atoms with Gasteiger partial charge in [-0.05, 0) is 96.3 Å². The summed E-state index contributed by atoms with van der Waals surface area (Å²) in [6.45, 7) is 3.52. The molecule has 0 radical (unpaired) electrons. The van der Waals surface area contributed by atoms with Gasteiger partial charge in [-0.3, -0.25) is 4.79 Å². The standard InChI is InChI=1S/C65H110O14/c1-3-5-7-9-11-13-15-17-19-21-23-25-26-27-29-31-33-35-37-39-41-43-45-47-49-74-51-54(52-75-64-63(73)61(71)59(69)56(79-64)53-76-65-62(72)60(70)58(68)55(50-66)78-65)77-57(67)48-46-44-42-40-38-36-34-32-30-28-24-22-20-18-16-14-12-10-8-6-4-2/h6,8,12,14-15,17-18,20-21,23-24,26-28,32,34,54-56,58-66,68-73H,3-5,7,9-11,13,16,19,22,25,29-31,33,35-53H2,1-2H3/b8-6-,14-12-,17-15-,20-18-,23-21-,27-26-,28-24-,34-32-. The molecule has 7 N–H and O–H groups in total. The van der Waals surface area contributed by atoms with Gasteiger partial charge >= 0.3 is 5.97 Å². The van der Waals surface area contributed by atoms with Crippen LogP contribution >= 0.6 is 0 Å². The van der Waals surface area contributed by atoms with Crippen molar-refractivity contribution >= 4 is 5.97 Å². The number of allylic oxidation sites excluding steroid dienone is 16. The Morgan fingerprint density at radius 3 is 1.29 bits per heavy atom. The number of hydrogen-bond acceptors (Lipinski definition) is 14. The fourth-order valence-corrected chi connectivity index (χ4v) is 9.14. The van der Waals surface area contributed by atoms with Crippen LogP contribution in [0.5, 0.6) is 0 Å². The Morgan fingerprint density at radius 2 is 0.823 bits per heavy atom. The van der Waals surface area contributed by atoms with Gasteiger partial charge in [0.15, 0.2) is 12.6 Å². The van der Waals surface area contributed by atoms with Crippen LogP contribution < -0.4 is 0 Å². The van der Waals surface area contributed by atoms with Crippen molar-refractivity contribution in [1.29, 1.82) is 0 Å². The second-order valence-corrected chi connectivity index (χ2v) is 21.1. The molecule has 2 heterocycles. The summed E-state index contributed by atoms with van der Waals surface area (Å²) < 4.78 is 34.4. The van der Waals surface area contributed by atoms with E-state index in [1.807, 2.05) is 0 Å². The van der Waals surface area contributed by atoms with E-state index >= 15 is 0 Å². The second kappa shape index (κ2) is 50.6. The van der Waals surface area contributed by atoms with Crippen molar-refractivity contribution in [2.24, 2.45) is 0 Å². The van der Waals surface area contributed by atoms with Gasteiger partial charge in [0, 0.05) is 13.0 Å². The van der Waals surface area contributed by atoms with Crippen LogP contribution in [-0.4, -0.2) is 142 Å². The minimum absolute atomic E-state index is 0.0437. The third kappa shape index (κ3) is 36.9. The lowest BCUT2D eigenvalue weighted by atomic mass is 9.98. The van der Waals surface area contributed by atoms with Crippen LogP contribution in [0.3, 0.4) is 0 Å². The van der Waals surface area contributed by atoms with Crippen molar-refractivity contribution < 1.29 is 69.0 Å². The third-order valence-electron chi connectivity index (χ3n) is 14.1. The summed E-state index contributed by atoms with van der Waals surface area (Å²) in [7, 11) is 0. The molecule has 2 aliphatic rings. The lowest BCUT2D eigenvalue weighted by Crippen LogP contribution is -2.61. The van der Waals surface area contributed by atoms with Crippen molar-refractivity contribution in [1.82, 2.24) is 0 Å². The van der Waals surface area contributed by atoms with Crippen LogP contribution in [0.25, 0.3) is 0 Å². The van der Waals surface area contributed by atoms with Gasteiger partial charge in [-0.1, -0.05) is 201 Å². The molecule has 79 heavy (non-hydrogen) atoms. The molecule has 454 valence electrons. The number of ether oxygens (including phenoxy) is 6. The molecule has 11 atom stereocenters. The second-order valence-electron chi connectivity index (χ2n) is 21.1. The molecule has 11 unspecified atom stereocenters. The molecule has 0 aromatic heterocycles. The molecule has 14 heteroatoms. The lowest BCUT2D eigenvalue weighted by Gasteiger charge is -2.42. The monoisotopic (exact) mass is 1110 g/mol. The maximum atomic E-state index is 13.1. The number of unbranched alkanes of at least 4 members (excludes halogenated alkanes) is 19. The molecule has 0 saturated carbocycles. The fourth-order valence-electron chi connectivity index (χ4n) is 9.14. The fraction of sp³-hybridized carbons (Fsp3) is 0.738. The van der Waals surface area contributed by atoms with E-state index in [0.29, 0.717) is 13.0 Å². The van der Waals surface area contributed by atoms with Gasteiger partial charge in [0.1, 0.15) is 54.9 Å². The summed E-state index contributed by atoms with van der Waals surface area (Å²) in [5.41, 5.74) is 0. The highest BCUT2D eigenvalue weighted by atomic mass is 16.7. The van der Waals surface area contributed by atoms with Crippen LogP contribution in [0.1, 0.15) is 206 Å². The van der Waals surface area contributed by atoms with Crippen molar-refractivity contribution in [3.05, 3.63) is 97.2 Å². The van der Waals surface area contributed by atoms with Crippen molar-refractivity contribution in [2.75, 3.05) is 33.0 Å². The number of aliphatic hydroxyl groups excluding tert-OH is 7. The Bertz CT molecular complexity index is 1670. The van der Waals surface area contributed by atoms with E-state index in [0.717, 1.165) is 103 Å². The lowest BCUT2D eigenvalue weighted by molar-refractivity contribution is -0.332. The number of esters is 1. The Labute approximate surface area is 477 Å². The summed E-state index contributed by atoms with van der Waals surface area (Å²) in [6.07, 6.45) is 51.7. The van der Waals surface area contributed by atoms with Crippen molar-refractivity contribution in [3.63, 3.8) is 0 Å². The molecule has 0 aromatic rings. The molecule has 2 rings (SSSR count). The molecule has 0 aliphatic carbocycles. The number of carbonyl (C=O) groups excluding carboxylic acids is 1. The highest BCUT2D eigenvalue weighted by molar-refractivity contribution is 5.69. The SMILES string of the molecule is CC/C=C\C/C=C\C/C=C\C/C=C\C/C=C\CCCCCCCC(=O)OC(COCCCCCCCCCCC/C=C\C/C=C\C/C=C\CCCCCCC)COC1OC(COC2OC(CO)C(O)C(O)C2O)C(O)C(O)C1O. The van der Waals surface area contributed by atoms with Gasteiger partial charge in [-0.15, -0.1) is 0 Å². The number of carbonyl (C=O) groups is 1. The van der Waals surface area contributed by atoms with Gasteiger partial charge in [0.2, 0.25) is 0 Å². The maximum Gasteiger partial charge on any atom is 0.306 e. The summed E-state index contributed by atoms with van der Waals surface area (Å²) in [4.78, 5) is 13.1. The quantitative estimate of drug-likeness (QED) is 0.0172. The van der Waals surface area contributed by atoms with E-state index in [9.17, 15) is 40.5 Å². The van der Waals surface area contributed by atoms with Crippen LogP contribution in [0.15, 0.2) is 97.2 Å². The van der Waals surface area contributed by atoms with Crippen molar-refractivity contribution in [3.8, 4) is 0 Å². The molecule has 14 nitrogen and oxygen atoms in total. The number of aliphatic hydroxyl groups is 7. The summed E-state index contributed by atoms with van der Waals surface area (Å²) in [5, 5.41) is 72.5. The van der Waals surface area contributed by atoms with Gasteiger partial charge in [-0.2, -0.15) is 0 Å². The molecule has 2 fully saturated rings. The Morgan fingerprint density at radius 1 is 0.430 bits per heavy atom. The maximum absolute atomic E-state index is 13.1. The largest absolute Gasteiger partial charge is 0.457 e. The minimum Gasteiger partial charge on any atom is -0.457 e. The Kier molecular flexibility index (Phi) is 46.1. The van der Waals surface area contributed by atoms with E-state index < -0.39 is 86.7 Å².